The van der Waals surface area contributed by atoms with E-state index in [4.69, 9.17) is 4.74 Å². The Morgan fingerprint density at radius 2 is 1.95 bits per heavy atom. The first kappa shape index (κ1) is 16.1. The van der Waals surface area contributed by atoms with Gasteiger partial charge < -0.3 is 10.1 Å². The van der Waals surface area contributed by atoms with E-state index in [0.717, 1.165) is 35.5 Å². The first-order valence-corrected chi connectivity index (χ1v) is 8.66. The number of hydrogen-bond donors (Lipinski definition) is 1. The maximum atomic E-state index is 5.35. The van der Waals surface area contributed by atoms with Gasteiger partial charge in [0.25, 0.3) is 0 Å². The highest BCUT2D eigenvalue weighted by Gasteiger charge is 2.53. The summed E-state index contributed by atoms with van der Waals surface area (Å²) >= 11 is 0. The van der Waals surface area contributed by atoms with Crippen LogP contribution in [0.4, 0.5) is 0 Å². The van der Waals surface area contributed by atoms with Gasteiger partial charge in [-0.15, -0.1) is 12.4 Å². The minimum absolute atomic E-state index is 0. The van der Waals surface area contributed by atoms with Gasteiger partial charge in [-0.3, -0.25) is 0 Å². The molecule has 3 aliphatic rings. The molecule has 4 rings (SSSR count). The number of fused-ring (bicyclic) bond motifs is 5. The molecule has 0 saturated heterocycles. The van der Waals surface area contributed by atoms with Gasteiger partial charge >= 0.3 is 0 Å². The number of benzene rings is 1. The van der Waals surface area contributed by atoms with Crippen LogP contribution in [0.2, 0.25) is 0 Å². The number of rotatable bonds is 4. The Morgan fingerprint density at radius 1 is 1.14 bits per heavy atom. The largest absolute Gasteiger partial charge is 0.497 e. The van der Waals surface area contributed by atoms with Crippen molar-refractivity contribution in [3.8, 4) is 5.75 Å². The van der Waals surface area contributed by atoms with Crippen molar-refractivity contribution in [2.24, 2.45) is 23.7 Å². The lowest BCUT2D eigenvalue weighted by Gasteiger charge is -2.34. The lowest BCUT2D eigenvalue weighted by atomic mass is 9.79. The van der Waals surface area contributed by atoms with Crippen LogP contribution in [0, 0.1) is 23.7 Å². The predicted octanol–water partition coefficient (Wildman–Crippen LogP) is 4.59. The smallest absolute Gasteiger partial charge is 0.119 e. The zero-order valence-corrected chi connectivity index (χ0v) is 14.4. The Balaban J connectivity index is 0.00000144. The van der Waals surface area contributed by atoms with Crippen molar-refractivity contribution in [2.75, 3.05) is 7.11 Å². The summed E-state index contributed by atoms with van der Waals surface area (Å²) in [5.74, 6) is 5.07. The molecule has 3 aliphatic carbocycles. The molecule has 3 fully saturated rings. The summed E-state index contributed by atoms with van der Waals surface area (Å²) in [6.07, 6.45) is 7.42. The van der Waals surface area contributed by atoms with Gasteiger partial charge in [-0.2, -0.15) is 0 Å². The summed E-state index contributed by atoms with van der Waals surface area (Å²) in [4.78, 5) is 0. The van der Waals surface area contributed by atoms with E-state index in [9.17, 15) is 0 Å². The molecule has 122 valence electrons. The summed E-state index contributed by atoms with van der Waals surface area (Å²) in [5, 5.41) is 3.93. The standard InChI is InChI=1S/C19H27NO.ClH/c1-12(13-5-3-6-15(9-13)21-2)20-19-11-14-10-18(19)17-8-4-7-16(14)17;/h3,5-6,9,12,14,16-20H,4,7-8,10-11H2,1-2H3;1H. The van der Waals surface area contributed by atoms with Gasteiger partial charge in [0.05, 0.1) is 7.11 Å². The van der Waals surface area contributed by atoms with Gasteiger partial charge in [0.1, 0.15) is 5.75 Å². The van der Waals surface area contributed by atoms with Crippen LogP contribution in [0.3, 0.4) is 0 Å². The van der Waals surface area contributed by atoms with Crippen molar-refractivity contribution < 1.29 is 4.74 Å². The van der Waals surface area contributed by atoms with Crippen molar-refractivity contribution in [3.63, 3.8) is 0 Å². The summed E-state index contributed by atoms with van der Waals surface area (Å²) in [6.45, 7) is 2.30. The molecule has 2 nitrogen and oxygen atoms in total. The van der Waals surface area contributed by atoms with E-state index >= 15 is 0 Å². The highest BCUT2D eigenvalue weighted by atomic mass is 35.5. The minimum atomic E-state index is 0. The van der Waals surface area contributed by atoms with Crippen LogP contribution >= 0.6 is 12.4 Å². The Kier molecular flexibility index (Phi) is 4.70. The fourth-order valence-corrected chi connectivity index (χ4v) is 5.59. The molecular weight excluding hydrogens is 294 g/mol. The zero-order valence-electron chi connectivity index (χ0n) is 13.6. The van der Waals surface area contributed by atoms with E-state index in [1.807, 2.05) is 6.07 Å². The van der Waals surface area contributed by atoms with Crippen LogP contribution in [0.15, 0.2) is 24.3 Å². The first-order chi connectivity index (χ1) is 10.3. The molecule has 1 aromatic carbocycles. The van der Waals surface area contributed by atoms with E-state index in [0.29, 0.717) is 6.04 Å². The molecular formula is C19H28ClNO. The van der Waals surface area contributed by atoms with Crippen LogP contribution < -0.4 is 10.1 Å². The average molecular weight is 322 g/mol. The summed E-state index contributed by atoms with van der Waals surface area (Å²) in [7, 11) is 1.74. The molecule has 3 heteroatoms. The van der Waals surface area contributed by atoms with Crippen LogP contribution in [-0.2, 0) is 0 Å². The van der Waals surface area contributed by atoms with E-state index in [1.165, 1.54) is 37.7 Å². The van der Waals surface area contributed by atoms with Crippen LogP contribution in [0.5, 0.6) is 5.75 Å². The summed E-state index contributed by atoms with van der Waals surface area (Å²) in [5.41, 5.74) is 1.35. The maximum Gasteiger partial charge on any atom is 0.119 e. The Hall–Kier alpha value is -0.730. The van der Waals surface area contributed by atoms with Crippen molar-refractivity contribution in [1.82, 2.24) is 5.32 Å². The van der Waals surface area contributed by atoms with E-state index in [1.54, 1.807) is 7.11 Å². The number of nitrogens with one attached hydrogen (secondary N) is 1. The molecule has 3 saturated carbocycles. The quantitative estimate of drug-likeness (QED) is 0.875. The van der Waals surface area contributed by atoms with Gasteiger partial charge in [-0.1, -0.05) is 18.6 Å². The third kappa shape index (κ3) is 2.65. The first-order valence-electron chi connectivity index (χ1n) is 8.66. The molecule has 0 spiro atoms. The second-order valence-electron chi connectivity index (χ2n) is 7.43. The zero-order chi connectivity index (χ0) is 14.4. The highest BCUT2D eigenvalue weighted by Crippen LogP contribution is 2.58. The normalized spacial score (nSPS) is 36.7. The van der Waals surface area contributed by atoms with Crippen molar-refractivity contribution in [1.29, 1.82) is 0 Å². The van der Waals surface area contributed by atoms with E-state index < -0.39 is 0 Å². The third-order valence-electron chi connectivity index (χ3n) is 6.49. The fraction of sp³-hybridized carbons (Fsp3) is 0.684. The second-order valence-corrected chi connectivity index (χ2v) is 7.43. The number of methoxy groups -OCH3 is 1. The predicted molar refractivity (Wildman–Crippen MR) is 92.6 cm³/mol. The maximum absolute atomic E-state index is 5.35. The molecule has 0 heterocycles. The Bertz CT molecular complexity index is 520. The van der Waals surface area contributed by atoms with Crippen LogP contribution in [-0.4, -0.2) is 13.2 Å². The lowest BCUT2D eigenvalue weighted by Crippen LogP contribution is -2.40. The van der Waals surface area contributed by atoms with Crippen LogP contribution in [0.25, 0.3) is 0 Å². The van der Waals surface area contributed by atoms with E-state index in [2.05, 4.69) is 30.4 Å². The highest BCUT2D eigenvalue weighted by molar-refractivity contribution is 5.85. The molecule has 0 aromatic heterocycles. The Labute approximate surface area is 140 Å². The van der Waals surface area contributed by atoms with Crippen LogP contribution in [0.1, 0.15) is 50.6 Å². The molecule has 2 bridgehead atoms. The molecule has 6 atom stereocenters. The second kappa shape index (κ2) is 6.41. The van der Waals surface area contributed by atoms with Gasteiger partial charge in [0.2, 0.25) is 0 Å². The van der Waals surface area contributed by atoms with E-state index in [-0.39, 0.29) is 12.4 Å². The SMILES string of the molecule is COc1cccc(C(C)NC2CC3CC2C2CCCC32)c1.Cl. The molecule has 0 amide bonds. The van der Waals surface area contributed by atoms with Gasteiger partial charge in [-0.05, 0) is 74.0 Å². The molecule has 1 N–H and O–H groups in total. The number of halogens is 1. The van der Waals surface area contributed by atoms with Gasteiger partial charge in [0, 0.05) is 12.1 Å². The van der Waals surface area contributed by atoms with Gasteiger partial charge in [-0.25, -0.2) is 0 Å². The molecule has 0 aliphatic heterocycles. The Morgan fingerprint density at radius 3 is 2.77 bits per heavy atom. The summed E-state index contributed by atoms with van der Waals surface area (Å²) in [6, 6.07) is 9.67. The molecule has 0 radical (unpaired) electrons. The number of ether oxygens (including phenoxy) is 1. The van der Waals surface area contributed by atoms with Crippen molar-refractivity contribution in [2.45, 2.75) is 51.1 Å². The monoisotopic (exact) mass is 321 g/mol. The van der Waals surface area contributed by atoms with Crippen molar-refractivity contribution >= 4 is 12.4 Å². The number of hydrogen-bond acceptors (Lipinski definition) is 2. The topological polar surface area (TPSA) is 21.3 Å². The summed E-state index contributed by atoms with van der Waals surface area (Å²) < 4.78 is 5.35. The fourth-order valence-electron chi connectivity index (χ4n) is 5.59. The average Bonchev–Trinajstić information content (AvgIpc) is 3.19. The van der Waals surface area contributed by atoms with Gasteiger partial charge in [0.15, 0.2) is 0 Å². The molecule has 22 heavy (non-hydrogen) atoms. The molecule has 1 aromatic rings. The lowest BCUT2D eigenvalue weighted by molar-refractivity contribution is 0.200. The molecule has 6 unspecified atom stereocenters. The van der Waals surface area contributed by atoms with Crippen molar-refractivity contribution in [3.05, 3.63) is 29.8 Å². The minimum Gasteiger partial charge on any atom is -0.497 e. The third-order valence-corrected chi connectivity index (χ3v) is 6.49.